The first-order valence-corrected chi connectivity index (χ1v) is 6.37. The second kappa shape index (κ2) is 5.19. The molecule has 0 unspecified atom stereocenters. The fourth-order valence-electron chi connectivity index (χ4n) is 2.56. The van der Waals surface area contributed by atoms with Gasteiger partial charge >= 0.3 is 0 Å². The highest BCUT2D eigenvalue weighted by atomic mass is 19.3. The molecular formula is C14H17F2N3O. The molecule has 1 aliphatic carbocycles. The maximum absolute atomic E-state index is 13.1. The summed E-state index contributed by atoms with van der Waals surface area (Å²) in [5.74, 6) is -2.40. The molecule has 1 aromatic rings. The minimum absolute atomic E-state index is 0.203. The molecule has 1 aromatic heterocycles. The molecule has 0 aromatic carbocycles. The Labute approximate surface area is 116 Å². The molecular weight excluding hydrogens is 264 g/mol. The fourth-order valence-corrected chi connectivity index (χ4v) is 2.56. The third kappa shape index (κ3) is 2.37. The average molecular weight is 281 g/mol. The Bertz CT molecular complexity index is 567. The van der Waals surface area contributed by atoms with Crippen molar-refractivity contribution in [2.45, 2.75) is 31.6 Å². The van der Waals surface area contributed by atoms with Crippen LogP contribution in [0.2, 0.25) is 0 Å². The van der Waals surface area contributed by atoms with Crippen LogP contribution >= 0.6 is 0 Å². The molecule has 2 rings (SSSR count). The van der Waals surface area contributed by atoms with Crippen LogP contribution in [-0.4, -0.2) is 22.1 Å². The smallest absolute Gasteiger partial charge is 0.249 e. The highest BCUT2D eigenvalue weighted by Crippen LogP contribution is 2.50. The van der Waals surface area contributed by atoms with Gasteiger partial charge in [-0.3, -0.25) is 9.48 Å². The number of anilines is 1. The van der Waals surface area contributed by atoms with E-state index in [4.69, 9.17) is 0 Å². The molecule has 1 heterocycles. The molecule has 0 aliphatic heterocycles. The maximum atomic E-state index is 13.1. The van der Waals surface area contributed by atoms with Gasteiger partial charge in [0.15, 0.2) is 0 Å². The number of allylic oxidation sites excluding steroid dienone is 3. The van der Waals surface area contributed by atoms with Crippen molar-refractivity contribution in [1.29, 1.82) is 0 Å². The molecule has 1 fully saturated rings. The van der Waals surface area contributed by atoms with Crippen molar-refractivity contribution in [1.82, 2.24) is 9.78 Å². The first-order chi connectivity index (χ1) is 9.43. The van der Waals surface area contributed by atoms with Gasteiger partial charge in [-0.2, -0.15) is 5.10 Å². The minimum Gasteiger partial charge on any atom is -0.313 e. The molecule has 1 aliphatic rings. The molecule has 0 spiro atoms. The lowest BCUT2D eigenvalue weighted by Gasteiger charge is -2.34. The molecule has 1 saturated carbocycles. The Hall–Kier alpha value is -1.98. The molecule has 1 amide bonds. The number of aryl methyl sites for hydroxylation is 1. The van der Waals surface area contributed by atoms with E-state index in [2.05, 4.69) is 17.0 Å². The van der Waals surface area contributed by atoms with E-state index in [0.29, 0.717) is 23.5 Å². The van der Waals surface area contributed by atoms with E-state index in [9.17, 15) is 13.6 Å². The Morgan fingerprint density at radius 1 is 1.55 bits per heavy atom. The predicted molar refractivity (Wildman–Crippen MR) is 73.7 cm³/mol. The van der Waals surface area contributed by atoms with Gasteiger partial charge in [-0.25, -0.2) is 8.78 Å². The van der Waals surface area contributed by atoms with Gasteiger partial charge in [-0.1, -0.05) is 18.7 Å². The molecule has 0 radical (unpaired) electrons. The third-order valence-electron chi connectivity index (χ3n) is 3.57. The molecule has 108 valence electrons. The van der Waals surface area contributed by atoms with E-state index in [0.717, 1.165) is 5.57 Å². The maximum Gasteiger partial charge on any atom is 0.249 e. The van der Waals surface area contributed by atoms with E-state index in [-0.39, 0.29) is 18.8 Å². The molecule has 0 saturated heterocycles. The molecule has 0 bridgehead atoms. The van der Waals surface area contributed by atoms with Crippen LogP contribution < -0.4 is 5.32 Å². The van der Waals surface area contributed by atoms with Crippen LogP contribution in [0, 0.1) is 0 Å². The third-order valence-corrected chi connectivity index (χ3v) is 3.57. The number of hydrogen-bond donors (Lipinski definition) is 1. The number of aromatic nitrogens is 2. The number of rotatable bonds is 5. The first kappa shape index (κ1) is 14.4. The summed E-state index contributed by atoms with van der Waals surface area (Å²) in [7, 11) is 1.67. The lowest BCUT2D eigenvalue weighted by atomic mass is 9.77. The summed E-state index contributed by atoms with van der Waals surface area (Å²) in [6.45, 7) is 5.55. The van der Waals surface area contributed by atoms with Crippen molar-refractivity contribution in [2.75, 3.05) is 5.32 Å². The van der Waals surface area contributed by atoms with Crippen molar-refractivity contribution in [3.05, 3.63) is 30.0 Å². The number of hydrogen-bond acceptors (Lipinski definition) is 2. The Morgan fingerprint density at radius 2 is 2.20 bits per heavy atom. The van der Waals surface area contributed by atoms with Crippen LogP contribution in [0.15, 0.2) is 18.7 Å². The summed E-state index contributed by atoms with van der Waals surface area (Å²) in [5.41, 5.74) is 2.04. The number of halogens is 2. The largest absolute Gasteiger partial charge is 0.313 e. The summed E-state index contributed by atoms with van der Waals surface area (Å²) >= 11 is 0. The van der Waals surface area contributed by atoms with Crippen LogP contribution in [0.4, 0.5) is 14.6 Å². The van der Waals surface area contributed by atoms with Gasteiger partial charge in [0, 0.05) is 31.4 Å². The summed E-state index contributed by atoms with van der Waals surface area (Å²) in [5, 5.41) is 6.89. The molecule has 4 nitrogen and oxygen atoms in total. The van der Waals surface area contributed by atoms with E-state index in [1.807, 2.05) is 13.0 Å². The fraction of sp³-hybridized carbons (Fsp3) is 0.429. The second-order valence-corrected chi connectivity index (χ2v) is 4.90. The van der Waals surface area contributed by atoms with E-state index in [1.165, 1.54) is 4.68 Å². The standard InChI is InChI=1S/C14H17F2N3O/c1-4-9(5-2)11-12(10-6-14(15,16)7-10)18-19(3)13(11)17-8-20/h4-5,8,10H,1,6-7H2,2-3H3,(H,17,20)/b9-5+. The molecule has 20 heavy (non-hydrogen) atoms. The molecule has 6 heteroatoms. The van der Waals surface area contributed by atoms with Crippen LogP contribution in [0.1, 0.15) is 36.9 Å². The zero-order chi connectivity index (χ0) is 14.9. The normalized spacial score (nSPS) is 18.5. The SMILES string of the molecule is C=C/C(=C\C)c1c(C2CC(F)(F)C2)nn(C)c1NC=O. The van der Waals surface area contributed by atoms with Crippen LogP contribution in [-0.2, 0) is 11.8 Å². The van der Waals surface area contributed by atoms with Gasteiger partial charge in [-0.15, -0.1) is 0 Å². The second-order valence-electron chi connectivity index (χ2n) is 4.90. The summed E-state index contributed by atoms with van der Waals surface area (Å²) < 4.78 is 27.7. The van der Waals surface area contributed by atoms with Crippen molar-refractivity contribution in [2.24, 2.45) is 7.05 Å². The number of nitrogens with zero attached hydrogens (tertiary/aromatic N) is 2. The van der Waals surface area contributed by atoms with Gasteiger partial charge in [0.1, 0.15) is 5.82 Å². The van der Waals surface area contributed by atoms with Gasteiger partial charge < -0.3 is 5.32 Å². The quantitative estimate of drug-likeness (QED) is 0.666. The minimum atomic E-state index is -2.61. The number of carbonyl (C=O) groups excluding carboxylic acids is 1. The number of alkyl halides is 2. The lowest BCUT2D eigenvalue weighted by Crippen LogP contribution is -2.34. The zero-order valence-corrected chi connectivity index (χ0v) is 11.5. The van der Waals surface area contributed by atoms with Gasteiger partial charge in [0.05, 0.1) is 5.69 Å². The first-order valence-electron chi connectivity index (χ1n) is 6.37. The zero-order valence-electron chi connectivity index (χ0n) is 11.5. The molecule has 0 atom stereocenters. The number of nitrogens with one attached hydrogen (secondary N) is 1. The summed E-state index contributed by atoms with van der Waals surface area (Å²) in [6, 6.07) is 0. The summed E-state index contributed by atoms with van der Waals surface area (Å²) in [4.78, 5) is 10.7. The number of amides is 1. The summed E-state index contributed by atoms with van der Waals surface area (Å²) in [6.07, 6.45) is 3.60. The van der Waals surface area contributed by atoms with Crippen molar-refractivity contribution in [3.8, 4) is 0 Å². The Morgan fingerprint density at radius 3 is 2.65 bits per heavy atom. The number of carbonyl (C=O) groups is 1. The highest BCUT2D eigenvalue weighted by Gasteiger charge is 2.48. The monoisotopic (exact) mass is 281 g/mol. The van der Waals surface area contributed by atoms with Gasteiger partial charge in [-0.05, 0) is 12.5 Å². The van der Waals surface area contributed by atoms with E-state index in [1.54, 1.807) is 13.1 Å². The predicted octanol–water partition coefficient (Wildman–Crippen LogP) is 3.09. The van der Waals surface area contributed by atoms with Crippen LogP contribution in [0.3, 0.4) is 0 Å². The topological polar surface area (TPSA) is 46.9 Å². The Balaban J connectivity index is 2.49. The van der Waals surface area contributed by atoms with Crippen LogP contribution in [0.5, 0.6) is 0 Å². The van der Waals surface area contributed by atoms with Crippen molar-refractivity contribution >= 4 is 17.8 Å². The van der Waals surface area contributed by atoms with E-state index >= 15 is 0 Å². The van der Waals surface area contributed by atoms with Crippen LogP contribution in [0.25, 0.3) is 5.57 Å². The van der Waals surface area contributed by atoms with Gasteiger partial charge in [0.25, 0.3) is 0 Å². The highest BCUT2D eigenvalue weighted by molar-refractivity contribution is 5.86. The Kier molecular flexibility index (Phi) is 3.74. The lowest BCUT2D eigenvalue weighted by molar-refractivity contribution is -0.105. The molecule has 1 N–H and O–H groups in total. The van der Waals surface area contributed by atoms with Gasteiger partial charge in [0.2, 0.25) is 12.3 Å². The van der Waals surface area contributed by atoms with Crippen molar-refractivity contribution in [3.63, 3.8) is 0 Å². The average Bonchev–Trinajstić information content (AvgIpc) is 2.67. The van der Waals surface area contributed by atoms with E-state index < -0.39 is 5.92 Å². The van der Waals surface area contributed by atoms with Crippen molar-refractivity contribution < 1.29 is 13.6 Å².